The molecule has 2 rings (SSSR count). The Morgan fingerprint density at radius 3 is 2.61 bits per heavy atom. The number of aliphatic carboxylic acids is 2. The van der Waals surface area contributed by atoms with Crippen molar-refractivity contribution in [1.29, 1.82) is 0 Å². The lowest BCUT2D eigenvalue weighted by Crippen LogP contribution is -2.38. The minimum atomic E-state index is -1.34. The van der Waals surface area contributed by atoms with Crippen LogP contribution in [0.4, 0.5) is 0 Å². The standard InChI is InChI=1S/C15H15ClN2O5/c1-2-23-13-11(15(21)22)9(7-4-3-5-8(16)6-7)10(14(19)20)12(17)18-13/h3-6,9,11H,2,17H2,1H3,(H,19,20)(H,21,22). The number of nitrogens with zero attached hydrogens (tertiary/aromatic N) is 1. The Morgan fingerprint density at radius 1 is 1.39 bits per heavy atom. The number of ether oxygens (including phenoxy) is 1. The number of carbonyl (C=O) groups is 2. The first-order chi connectivity index (χ1) is 10.9. The van der Waals surface area contributed by atoms with Crippen LogP contribution in [0.3, 0.4) is 0 Å². The minimum Gasteiger partial charge on any atom is -0.481 e. The molecule has 0 spiro atoms. The van der Waals surface area contributed by atoms with Crippen molar-refractivity contribution in [1.82, 2.24) is 0 Å². The van der Waals surface area contributed by atoms with Gasteiger partial charge in [-0.25, -0.2) is 4.79 Å². The molecule has 1 aliphatic heterocycles. The lowest BCUT2D eigenvalue weighted by Gasteiger charge is -2.29. The Hall–Kier alpha value is -2.54. The number of nitrogens with two attached hydrogens (primary N) is 1. The van der Waals surface area contributed by atoms with Gasteiger partial charge >= 0.3 is 11.9 Å². The summed E-state index contributed by atoms with van der Waals surface area (Å²) in [5, 5.41) is 19.4. The topological polar surface area (TPSA) is 122 Å². The Labute approximate surface area is 137 Å². The molecule has 4 N–H and O–H groups in total. The van der Waals surface area contributed by atoms with Crippen molar-refractivity contribution in [2.45, 2.75) is 12.8 Å². The molecule has 0 aliphatic carbocycles. The van der Waals surface area contributed by atoms with Gasteiger partial charge in [0.05, 0.1) is 12.2 Å². The zero-order valence-corrected chi connectivity index (χ0v) is 12.9. The third-order valence-corrected chi connectivity index (χ3v) is 3.65. The summed E-state index contributed by atoms with van der Waals surface area (Å²) in [6.45, 7) is 1.85. The van der Waals surface area contributed by atoms with Gasteiger partial charge in [-0.15, -0.1) is 0 Å². The van der Waals surface area contributed by atoms with Crippen molar-refractivity contribution in [2.24, 2.45) is 16.6 Å². The summed E-state index contributed by atoms with van der Waals surface area (Å²) in [6, 6.07) is 6.32. The van der Waals surface area contributed by atoms with Crippen molar-refractivity contribution in [3.63, 3.8) is 0 Å². The van der Waals surface area contributed by atoms with Gasteiger partial charge in [0.25, 0.3) is 0 Å². The summed E-state index contributed by atoms with van der Waals surface area (Å²) in [5.41, 5.74) is 5.86. The molecule has 1 aliphatic rings. The van der Waals surface area contributed by atoms with E-state index in [0.717, 1.165) is 0 Å². The fraction of sp³-hybridized carbons (Fsp3) is 0.267. The highest BCUT2D eigenvalue weighted by Crippen LogP contribution is 2.39. The predicted molar refractivity (Wildman–Crippen MR) is 83.2 cm³/mol. The van der Waals surface area contributed by atoms with Gasteiger partial charge in [0.15, 0.2) is 0 Å². The second kappa shape index (κ2) is 6.70. The van der Waals surface area contributed by atoms with E-state index in [0.29, 0.717) is 10.6 Å². The third-order valence-electron chi connectivity index (χ3n) is 3.41. The summed E-state index contributed by atoms with van der Waals surface area (Å²) in [7, 11) is 0. The first-order valence-corrected chi connectivity index (χ1v) is 7.17. The van der Waals surface area contributed by atoms with Crippen LogP contribution in [-0.4, -0.2) is 34.7 Å². The average Bonchev–Trinajstić information content (AvgIpc) is 2.45. The highest BCUT2D eigenvalue weighted by Gasteiger charge is 2.44. The molecule has 122 valence electrons. The number of aliphatic imine (C=N–C) groups is 1. The average molecular weight is 339 g/mol. The van der Waals surface area contributed by atoms with E-state index in [1.54, 1.807) is 25.1 Å². The summed E-state index contributed by atoms with van der Waals surface area (Å²) < 4.78 is 5.27. The van der Waals surface area contributed by atoms with Gasteiger partial charge in [0, 0.05) is 10.9 Å². The van der Waals surface area contributed by atoms with E-state index in [1.807, 2.05) is 0 Å². The number of rotatable bonds is 4. The van der Waals surface area contributed by atoms with Gasteiger partial charge in [-0.1, -0.05) is 23.7 Å². The number of carboxylic acids is 2. The van der Waals surface area contributed by atoms with Crippen LogP contribution in [0.1, 0.15) is 18.4 Å². The Morgan fingerprint density at radius 2 is 2.09 bits per heavy atom. The number of halogens is 1. The van der Waals surface area contributed by atoms with Crippen LogP contribution in [0.5, 0.6) is 0 Å². The number of hydrogen-bond acceptors (Lipinski definition) is 5. The lowest BCUT2D eigenvalue weighted by molar-refractivity contribution is -0.140. The lowest BCUT2D eigenvalue weighted by atomic mass is 9.78. The quantitative estimate of drug-likeness (QED) is 0.769. The van der Waals surface area contributed by atoms with Crippen molar-refractivity contribution in [3.8, 4) is 0 Å². The van der Waals surface area contributed by atoms with Crippen LogP contribution in [0.2, 0.25) is 5.02 Å². The molecule has 0 fully saturated rings. The zero-order chi connectivity index (χ0) is 17.1. The molecule has 1 aromatic carbocycles. The molecule has 0 bridgehead atoms. The van der Waals surface area contributed by atoms with Crippen LogP contribution >= 0.6 is 11.6 Å². The second-order valence-electron chi connectivity index (χ2n) is 4.84. The maximum absolute atomic E-state index is 11.7. The molecule has 7 nitrogen and oxygen atoms in total. The van der Waals surface area contributed by atoms with Crippen molar-refractivity contribution in [3.05, 3.63) is 46.2 Å². The maximum Gasteiger partial charge on any atom is 0.335 e. The van der Waals surface area contributed by atoms with Gasteiger partial charge in [0.2, 0.25) is 5.90 Å². The summed E-state index contributed by atoms with van der Waals surface area (Å²) in [5.74, 6) is -5.34. The normalized spacial score (nSPS) is 20.9. The van der Waals surface area contributed by atoms with Crippen molar-refractivity contribution in [2.75, 3.05) is 6.61 Å². The van der Waals surface area contributed by atoms with E-state index in [-0.39, 0.29) is 23.9 Å². The van der Waals surface area contributed by atoms with E-state index >= 15 is 0 Å². The number of benzene rings is 1. The van der Waals surface area contributed by atoms with Gasteiger partial charge in [0.1, 0.15) is 11.7 Å². The number of carboxylic acid groups (broad SMARTS) is 2. The minimum absolute atomic E-state index is 0.118. The van der Waals surface area contributed by atoms with Crippen molar-refractivity contribution >= 4 is 29.4 Å². The monoisotopic (exact) mass is 338 g/mol. The molecule has 0 aromatic heterocycles. The molecule has 0 amide bonds. The van der Waals surface area contributed by atoms with E-state index in [4.69, 9.17) is 22.1 Å². The highest BCUT2D eigenvalue weighted by molar-refractivity contribution is 6.30. The fourth-order valence-corrected chi connectivity index (χ4v) is 2.74. The Kier molecular flexibility index (Phi) is 4.90. The largest absolute Gasteiger partial charge is 0.481 e. The molecule has 8 heteroatoms. The predicted octanol–water partition coefficient (Wildman–Crippen LogP) is 1.83. The Bertz CT molecular complexity index is 714. The van der Waals surface area contributed by atoms with Crippen molar-refractivity contribution < 1.29 is 24.5 Å². The SMILES string of the molecule is CCOC1=NC(N)=C(C(=O)O)C(c2cccc(Cl)c2)C1C(=O)O. The van der Waals surface area contributed by atoms with E-state index in [1.165, 1.54) is 6.07 Å². The molecule has 23 heavy (non-hydrogen) atoms. The molecular weight excluding hydrogens is 324 g/mol. The molecule has 0 saturated carbocycles. The number of hydrogen-bond donors (Lipinski definition) is 3. The molecule has 0 saturated heterocycles. The van der Waals surface area contributed by atoms with Gasteiger partial charge in [-0.2, -0.15) is 4.99 Å². The van der Waals surface area contributed by atoms with Crippen LogP contribution in [-0.2, 0) is 14.3 Å². The zero-order valence-electron chi connectivity index (χ0n) is 12.2. The highest BCUT2D eigenvalue weighted by atomic mass is 35.5. The fourth-order valence-electron chi connectivity index (χ4n) is 2.54. The Balaban J connectivity index is 2.68. The van der Waals surface area contributed by atoms with E-state index in [9.17, 15) is 19.8 Å². The van der Waals surface area contributed by atoms with Crippen LogP contribution in [0, 0.1) is 5.92 Å². The first kappa shape index (κ1) is 16.8. The van der Waals surface area contributed by atoms with E-state index in [2.05, 4.69) is 4.99 Å². The van der Waals surface area contributed by atoms with Gasteiger partial charge < -0.3 is 20.7 Å². The van der Waals surface area contributed by atoms with E-state index < -0.39 is 23.8 Å². The smallest absolute Gasteiger partial charge is 0.335 e. The summed E-state index contributed by atoms with van der Waals surface area (Å²) >= 11 is 5.95. The second-order valence-corrected chi connectivity index (χ2v) is 5.27. The molecule has 1 aromatic rings. The summed E-state index contributed by atoms with van der Waals surface area (Å²) in [4.78, 5) is 27.2. The molecule has 0 radical (unpaired) electrons. The van der Waals surface area contributed by atoms with Crippen LogP contribution in [0.25, 0.3) is 0 Å². The summed E-state index contributed by atoms with van der Waals surface area (Å²) in [6.07, 6.45) is 0. The van der Waals surface area contributed by atoms with Crippen LogP contribution in [0.15, 0.2) is 40.7 Å². The molecule has 2 atom stereocenters. The van der Waals surface area contributed by atoms with Crippen LogP contribution < -0.4 is 5.73 Å². The maximum atomic E-state index is 11.7. The third kappa shape index (κ3) is 3.29. The molecule has 1 heterocycles. The molecule has 2 unspecified atom stereocenters. The van der Waals surface area contributed by atoms with Gasteiger partial charge in [-0.05, 0) is 24.6 Å². The first-order valence-electron chi connectivity index (χ1n) is 6.79. The molecular formula is C15H15ClN2O5. The van der Waals surface area contributed by atoms with Gasteiger partial charge in [-0.3, -0.25) is 4.79 Å².